The van der Waals surface area contributed by atoms with Crippen LogP contribution in [0.1, 0.15) is 32.6 Å². The van der Waals surface area contributed by atoms with E-state index in [0.29, 0.717) is 11.6 Å². The van der Waals surface area contributed by atoms with Crippen LogP contribution >= 0.6 is 0 Å². The summed E-state index contributed by atoms with van der Waals surface area (Å²) in [5.41, 5.74) is 0.655. The maximum atomic E-state index is 11.9. The highest BCUT2D eigenvalue weighted by atomic mass is 16.6. The number of carbonyl (C=O) groups is 1. The van der Waals surface area contributed by atoms with Gasteiger partial charge in [-0.15, -0.1) is 0 Å². The molecule has 19 heavy (non-hydrogen) atoms. The molecule has 0 spiro atoms. The minimum Gasteiger partial charge on any atom is -0.326 e. The van der Waals surface area contributed by atoms with Crippen molar-refractivity contribution in [2.24, 2.45) is 11.8 Å². The van der Waals surface area contributed by atoms with Gasteiger partial charge in [-0.3, -0.25) is 14.9 Å². The molecule has 0 heterocycles. The van der Waals surface area contributed by atoms with Crippen molar-refractivity contribution in [3.63, 3.8) is 0 Å². The zero-order valence-corrected chi connectivity index (χ0v) is 11.0. The Bertz CT molecular complexity index is 470. The molecule has 1 aliphatic carbocycles. The van der Waals surface area contributed by atoms with Crippen LogP contribution in [0, 0.1) is 22.0 Å². The smallest absolute Gasteiger partial charge is 0.269 e. The number of anilines is 1. The molecule has 1 aliphatic rings. The fraction of sp³-hybridized carbons (Fsp3) is 0.500. The van der Waals surface area contributed by atoms with Gasteiger partial charge >= 0.3 is 0 Å². The van der Waals surface area contributed by atoms with Crippen LogP contribution in [0.15, 0.2) is 24.3 Å². The number of unbranched alkanes of at least 4 members (excludes halogenated alkanes) is 1. The lowest BCUT2D eigenvalue weighted by atomic mass is 10.1. The molecular formula is C14H18N2O3. The number of carbonyl (C=O) groups excluding carboxylic acids is 1. The first-order chi connectivity index (χ1) is 9.11. The number of nitro groups is 1. The molecule has 5 heteroatoms. The number of hydrogen-bond acceptors (Lipinski definition) is 3. The molecular weight excluding hydrogens is 244 g/mol. The van der Waals surface area contributed by atoms with Crippen molar-refractivity contribution in [2.45, 2.75) is 32.6 Å². The largest absolute Gasteiger partial charge is 0.326 e. The average molecular weight is 262 g/mol. The van der Waals surface area contributed by atoms with Gasteiger partial charge in [-0.1, -0.05) is 19.8 Å². The van der Waals surface area contributed by atoms with Crippen molar-refractivity contribution in [1.82, 2.24) is 0 Å². The molecule has 0 bridgehead atoms. The molecule has 2 atom stereocenters. The summed E-state index contributed by atoms with van der Waals surface area (Å²) in [5.74, 6) is 0.690. The first kappa shape index (κ1) is 13.5. The van der Waals surface area contributed by atoms with E-state index in [2.05, 4.69) is 12.2 Å². The Balaban J connectivity index is 1.84. The second-order valence-electron chi connectivity index (χ2n) is 5.04. The van der Waals surface area contributed by atoms with Crippen LogP contribution in [0.2, 0.25) is 0 Å². The van der Waals surface area contributed by atoms with Gasteiger partial charge in [0.2, 0.25) is 5.91 Å². The minimum absolute atomic E-state index is 0.0326. The molecule has 5 nitrogen and oxygen atoms in total. The molecule has 0 radical (unpaired) electrons. The molecule has 0 unspecified atom stereocenters. The van der Waals surface area contributed by atoms with Gasteiger partial charge in [0.05, 0.1) is 4.92 Å². The minimum atomic E-state index is -0.451. The molecule has 2 rings (SSSR count). The van der Waals surface area contributed by atoms with E-state index < -0.39 is 4.92 Å². The van der Waals surface area contributed by atoms with E-state index >= 15 is 0 Å². The number of nitro benzene ring substituents is 1. The van der Waals surface area contributed by atoms with Crippen LogP contribution in [-0.4, -0.2) is 10.8 Å². The van der Waals surface area contributed by atoms with Crippen LogP contribution in [0.3, 0.4) is 0 Å². The van der Waals surface area contributed by atoms with E-state index in [0.717, 1.165) is 19.3 Å². The van der Waals surface area contributed by atoms with E-state index in [1.807, 2.05) is 0 Å². The predicted molar refractivity (Wildman–Crippen MR) is 72.8 cm³/mol. The Hall–Kier alpha value is -1.91. The summed E-state index contributed by atoms with van der Waals surface area (Å²) >= 11 is 0. The molecule has 0 saturated heterocycles. The number of hydrogen-bond donors (Lipinski definition) is 1. The lowest BCUT2D eigenvalue weighted by Gasteiger charge is -2.04. The van der Waals surface area contributed by atoms with E-state index in [-0.39, 0.29) is 17.5 Å². The summed E-state index contributed by atoms with van der Waals surface area (Å²) in [7, 11) is 0. The molecule has 1 aromatic carbocycles. The highest BCUT2D eigenvalue weighted by Gasteiger charge is 2.41. The SMILES string of the molecule is CCCC[C@H]1C[C@H]1C(=O)Nc1ccc([N+](=O)[O-])cc1. The van der Waals surface area contributed by atoms with Gasteiger partial charge < -0.3 is 5.32 Å². The summed E-state index contributed by atoms with van der Waals surface area (Å²) in [4.78, 5) is 22.0. The summed E-state index contributed by atoms with van der Waals surface area (Å²) in [6.07, 6.45) is 4.42. The van der Waals surface area contributed by atoms with Crippen LogP contribution < -0.4 is 5.32 Å². The van der Waals surface area contributed by atoms with Crippen LogP contribution in [0.5, 0.6) is 0 Å². The molecule has 102 valence electrons. The van der Waals surface area contributed by atoms with Gasteiger partial charge in [0.25, 0.3) is 5.69 Å². The van der Waals surface area contributed by atoms with E-state index in [4.69, 9.17) is 0 Å². The third-order valence-corrected chi connectivity index (χ3v) is 3.53. The van der Waals surface area contributed by atoms with Crippen LogP contribution in [0.25, 0.3) is 0 Å². The molecule has 1 aromatic rings. The Morgan fingerprint density at radius 2 is 2.11 bits per heavy atom. The zero-order valence-electron chi connectivity index (χ0n) is 11.0. The topological polar surface area (TPSA) is 72.2 Å². The highest BCUT2D eigenvalue weighted by Crippen LogP contribution is 2.43. The Labute approximate surface area is 112 Å². The molecule has 0 aliphatic heterocycles. The number of non-ortho nitro benzene ring substituents is 1. The molecule has 1 saturated carbocycles. The fourth-order valence-electron chi connectivity index (χ4n) is 2.26. The van der Waals surface area contributed by atoms with Crippen LogP contribution in [-0.2, 0) is 4.79 Å². The number of nitrogens with one attached hydrogen (secondary N) is 1. The van der Waals surface area contributed by atoms with E-state index in [1.165, 1.54) is 18.6 Å². The van der Waals surface area contributed by atoms with Gasteiger partial charge in [0.15, 0.2) is 0 Å². The van der Waals surface area contributed by atoms with Crippen molar-refractivity contribution in [1.29, 1.82) is 0 Å². The first-order valence-corrected chi connectivity index (χ1v) is 6.67. The van der Waals surface area contributed by atoms with Crippen molar-refractivity contribution < 1.29 is 9.72 Å². The van der Waals surface area contributed by atoms with Gasteiger partial charge in [-0.2, -0.15) is 0 Å². The number of rotatable bonds is 6. The lowest BCUT2D eigenvalue weighted by Crippen LogP contribution is -2.14. The van der Waals surface area contributed by atoms with Gasteiger partial charge in [0.1, 0.15) is 0 Å². The quantitative estimate of drug-likeness (QED) is 0.631. The Morgan fingerprint density at radius 3 is 2.68 bits per heavy atom. The van der Waals surface area contributed by atoms with Crippen molar-refractivity contribution in [3.8, 4) is 0 Å². The summed E-state index contributed by atoms with van der Waals surface area (Å²) in [5, 5.41) is 13.3. The molecule has 1 N–H and O–H groups in total. The second-order valence-corrected chi connectivity index (χ2v) is 5.04. The monoisotopic (exact) mass is 262 g/mol. The predicted octanol–water partition coefficient (Wildman–Crippen LogP) is 3.36. The third kappa shape index (κ3) is 3.53. The number of amides is 1. The van der Waals surface area contributed by atoms with Crippen molar-refractivity contribution in [2.75, 3.05) is 5.32 Å². The lowest BCUT2D eigenvalue weighted by molar-refractivity contribution is -0.384. The van der Waals surface area contributed by atoms with Crippen LogP contribution in [0.4, 0.5) is 11.4 Å². The van der Waals surface area contributed by atoms with Crippen molar-refractivity contribution >= 4 is 17.3 Å². The standard InChI is InChI=1S/C14H18N2O3/c1-2-3-4-10-9-13(10)14(17)15-11-5-7-12(8-6-11)16(18)19/h5-8,10,13H,2-4,9H2,1H3,(H,15,17)/t10-,13+/m0/s1. The normalized spacial score (nSPS) is 20.9. The second kappa shape index (κ2) is 5.82. The third-order valence-electron chi connectivity index (χ3n) is 3.53. The summed E-state index contributed by atoms with van der Waals surface area (Å²) in [6, 6.07) is 5.94. The molecule has 0 aromatic heterocycles. The number of benzene rings is 1. The van der Waals surface area contributed by atoms with Crippen molar-refractivity contribution in [3.05, 3.63) is 34.4 Å². The highest BCUT2D eigenvalue weighted by molar-refractivity contribution is 5.94. The molecule has 1 fully saturated rings. The Kier molecular flexibility index (Phi) is 4.14. The van der Waals surface area contributed by atoms with Gasteiger partial charge in [-0.25, -0.2) is 0 Å². The van der Waals surface area contributed by atoms with E-state index in [9.17, 15) is 14.9 Å². The maximum absolute atomic E-state index is 11.9. The number of nitrogens with zero attached hydrogens (tertiary/aromatic N) is 1. The van der Waals surface area contributed by atoms with Gasteiger partial charge in [-0.05, 0) is 30.9 Å². The fourth-order valence-corrected chi connectivity index (χ4v) is 2.26. The molecule has 1 amide bonds. The summed E-state index contributed by atoms with van der Waals surface area (Å²) in [6.45, 7) is 2.15. The van der Waals surface area contributed by atoms with E-state index in [1.54, 1.807) is 12.1 Å². The maximum Gasteiger partial charge on any atom is 0.269 e. The average Bonchev–Trinajstić information content (AvgIpc) is 3.16. The first-order valence-electron chi connectivity index (χ1n) is 6.67. The summed E-state index contributed by atoms with van der Waals surface area (Å²) < 4.78 is 0. The zero-order chi connectivity index (χ0) is 13.8. The Morgan fingerprint density at radius 1 is 1.42 bits per heavy atom. The van der Waals surface area contributed by atoms with Gasteiger partial charge in [0, 0.05) is 23.7 Å².